The molecule has 0 aliphatic carbocycles. The maximum atomic E-state index is 13.3. The van der Waals surface area contributed by atoms with Crippen molar-refractivity contribution < 1.29 is 14.3 Å². The van der Waals surface area contributed by atoms with E-state index in [9.17, 15) is 14.4 Å². The number of methoxy groups -OCH3 is 1. The van der Waals surface area contributed by atoms with Crippen molar-refractivity contribution in [2.24, 2.45) is 0 Å². The number of anilines is 1. The van der Waals surface area contributed by atoms with Crippen LogP contribution in [0, 0.1) is 11.8 Å². The Morgan fingerprint density at radius 2 is 1.94 bits per heavy atom. The summed E-state index contributed by atoms with van der Waals surface area (Å²) in [7, 11) is 1.21. The van der Waals surface area contributed by atoms with Crippen molar-refractivity contribution in [2.75, 3.05) is 51.4 Å². The third-order valence-electron chi connectivity index (χ3n) is 5.09. The number of fused-ring (bicyclic) bond motifs is 1. The van der Waals surface area contributed by atoms with Gasteiger partial charge in [0.15, 0.2) is 11.2 Å². The summed E-state index contributed by atoms with van der Waals surface area (Å²) in [6, 6.07) is 0. The molecule has 3 heterocycles. The maximum absolute atomic E-state index is 13.3. The van der Waals surface area contributed by atoms with Gasteiger partial charge in [-0.15, -0.1) is 5.92 Å². The first-order valence-electron chi connectivity index (χ1n) is 10.3. The highest BCUT2D eigenvalue weighted by Crippen LogP contribution is 2.20. The predicted molar refractivity (Wildman–Crippen MR) is 115 cm³/mol. The van der Waals surface area contributed by atoms with Crippen molar-refractivity contribution in [1.82, 2.24) is 24.0 Å². The molecule has 0 saturated carbocycles. The molecule has 31 heavy (non-hydrogen) atoms. The number of aromatic nitrogens is 4. The number of imidazole rings is 1. The molecule has 1 aliphatic rings. The lowest BCUT2D eigenvalue weighted by Gasteiger charge is -2.28. The normalized spacial score (nSPS) is 13.8. The van der Waals surface area contributed by atoms with Crippen LogP contribution in [0.15, 0.2) is 9.59 Å². The fraction of sp³-hybridized carbons (Fsp3) is 0.600. The summed E-state index contributed by atoms with van der Waals surface area (Å²) in [5.74, 6) is 5.73. The molecule has 1 aliphatic heterocycles. The number of esters is 1. The first kappa shape index (κ1) is 22.6. The maximum Gasteiger partial charge on any atom is 0.333 e. The molecule has 11 heteroatoms. The van der Waals surface area contributed by atoms with Gasteiger partial charge in [0.2, 0.25) is 5.95 Å². The second kappa shape index (κ2) is 10.3. The van der Waals surface area contributed by atoms with Crippen LogP contribution in [-0.2, 0) is 33.9 Å². The monoisotopic (exact) mass is 432 g/mol. The van der Waals surface area contributed by atoms with Crippen molar-refractivity contribution in [3.63, 3.8) is 0 Å². The number of rotatable bonds is 8. The van der Waals surface area contributed by atoms with Crippen molar-refractivity contribution in [3.8, 4) is 11.8 Å². The molecule has 0 atom stereocenters. The summed E-state index contributed by atoms with van der Waals surface area (Å²) in [6.07, 6.45) is 0. The Hall–Kier alpha value is -3.10. The van der Waals surface area contributed by atoms with E-state index >= 15 is 0 Å². The highest BCUT2D eigenvalue weighted by Gasteiger charge is 2.25. The van der Waals surface area contributed by atoms with Gasteiger partial charge in [0.05, 0.1) is 26.8 Å². The number of carbonyl (C=O) groups excluding carboxylic acids is 1. The van der Waals surface area contributed by atoms with Gasteiger partial charge in [-0.05, 0) is 13.8 Å². The van der Waals surface area contributed by atoms with Gasteiger partial charge < -0.3 is 19.7 Å². The first-order chi connectivity index (χ1) is 15.0. The topological polar surface area (TPSA) is 113 Å². The van der Waals surface area contributed by atoms with Crippen molar-refractivity contribution in [2.45, 2.75) is 33.5 Å². The average Bonchev–Trinajstić information content (AvgIpc) is 3.17. The van der Waals surface area contributed by atoms with Crippen LogP contribution in [0.2, 0.25) is 0 Å². The van der Waals surface area contributed by atoms with E-state index in [1.807, 2.05) is 6.92 Å². The third kappa shape index (κ3) is 4.65. The van der Waals surface area contributed by atoms with Crippen molar-refractivity contribution in [3.05, 3.63) is 20.8 Å². The van der Waals surface area contributed by atoms with Gasteiger partial charge in [0, 0.05) is 32.8 Å². The van der Waals surface area contributed by atoms with Gasteiger partial charge in [-0.1, -0.05) is 5.92 Å². The van der Waals surface area contributed by atoms with Crippen LogP contribution in [0.5, 0.6) is 0 Å². The Kier molecular flexibility index (Phi) is 7.49. The van der Waals surface area contributed by atoms with Crippen molar-refractivity contribution in [1.29, 1.82) is 0 Å². The van der Waals surface area contributed by atoms with E-state index in [2.05, 4.69) is 26.8 Å². The fourth-order valence-corrected chi connectivity index (χ4v) is 3.53. The molecule has 1 saturated heterocycles. The second-order valence-corrected chi connectivity index (χ2v) is 6.93. The first-order valence-corrected chi connectivity index (χ1v) is 10.3. The average molecular weight is 432 g/mol. The van der Waals surface area contributed by atoms with Crippen LogP contribution in [-0.4, -0.2) is 71.2 Å². The number of piperazine rings is 1. The molecule has 2 aromatic rings. The Morgan fingerprint density at radius 1 is 1.19 bits per heavy atom. The standard InChI is InChI=1S/C20H28N6O5/c1-4-6-9-24-16-17(22-19(24)23-10-7-21-8-11-23)25(12-13-31-5-2)20(29)26(18(16)28)14-15(27)30-3/h21H,5,7-14H2,1-3H3. The van der Waals surface area contributed by atoms with Gasteiger partial charge in [-0.25, -0.2) is 9.36 Å². The van der Waals surface area contributed by atoms with E-state index in [0.717, 1.165) is 17.7 Å². The second-order valence-electron chi connectivity index (χ2n) is 6.93. The highest BCUT2D eigenvalue weighted by atomic mass is 16.5. The molecule has 1 fully saturated rings. The molecule has 168 valence electrons. The number of nitrogens with zero attached hydrogens (tertiary/aromatic N) is 5. The molecular formula is C20H28N6O5. The minimum atomic E-state index is -0.684. The van der Waals surface area contributed by atoms with Crippen LogP contribution in [0.25, 0.3) is 11.2 Å². The van der Waals surface area contributed by atoms with E-state index < -0.39 is 23.8 Å². The van der Waals surface area contributed by atoms with Gasteiger partial charge in [0.1, 0.15) is 6.54 Å². The van der Waals surface area contributed by atoms with Gasteiger partial charge in [0.25, 0.3) is 5.56 Å². The minimum Gasteiger partial charge on any atom is -0.468 e. The largest absolute Gasteiger partial charge is 0.468 e. The summed E-state index contributed by atoms with van der Waals surface area (Å²) >= 11 is 0. The number of hydrogen-bond acceptors (Lipinski definition) is 8. The van der Waals surface area contributed by atoms with Crippen LogP contribution >= 0.6 is 0 Å². The zero-order chi connectivity index (χ0) is 22.4. The van der Waals surface area contributed by atoms with E-state index in [1.54, 1.807) is 11.5 Å². The number of hydrogen-bond donors (Lipinski definition) is 1. The number of ether oxygens (including phenoxy) is 2. The molecule has 11 nitrogen and oxygen atoms in total. The zero-order valence-corrected chi connectivity index (χ0v) is 18.1. The van der Waals surface area contributed by atoms with E-state index in [4.69, 9.17) is 9.72 Å². The lowest BCUT2D eigenvalue weighted by molar-refractivity contribution is -0.141. The predicted octanol–water partition coefficient (Wildman–Crippen LogP) is -0.998. The highest BCUT2D eigenvalue weighted by molar-refractivity contribution is 5.76. The van der Waals surface area contributed by atoms with Gasteiger partial charge >= 0.3 is 11.7 Å². The molecule has 0 spiro atoms. The lowest BCUT2D eigenvalue weighted by atomic mass is 10.4. The Bertz CT molecular complexity index is 1110. The van der Waals surface area contributed by atoms with E-state index in [1.165, 1.54) is 11.7 Å². The number of carbonyl (C=O) groups is 1. The van der Waals surface area contributed by atoms with Gasteiger partial charge in [-0.3, -0.25) is 18.7 Å². The summed E-state index contributed by atoms with van der Waals surface area (Å²) in [4.78, 5) is 45.1. The summed E-state index contributed by atoms with van der Waals surface area (Å²) < 4.78 is 14.1. The lowest BCUT2D eigenvalue weighted by Crippen LogP contribution is -2.44. The quantitative estimate of drug-likeness (QED) is 0.321. The van der Waals surface area contributed by atoms with E-state index in [-0.39, 0.29) is 30.9 Å². The van der Waals surface area contributed by atoms with E-state index in [0.29, 0.717) is 25.6 Å². The zero-order valence-electron chi connectivity index (χ0n) is 18.1. The summed E-state index contributed by atoms with van der Waals surface area (Å²) in [5, 5.41) is 3.29. The molecule has 0 amide bonds. The third-order valence-corrected chi connectivity index (χ3v) is 5.09. The summed E-state index contributed by atoms with van der Waals surface area (Å²) in [6.45, 7) is 7.29. The van der Waals surface area contributed by atoms with Crippen LogP contribution in [0.1, 0.15) is 13.8 Å². The minimum absolute atomic E-state index is 0.197. The SMILES string of the molecule is CC#CCn1c(N2CCNCC2)nc2c1c(=O)n(CC(=O)OC)c(=O)n2CCOCC. The molecule has 2 aromatic heterocycles. The summed E-state index contributed by atoms with van der Waals surface area (Å²) in [5.41, 5.74) is -0.718. The molecule has 0 aromatic carbocycles. The van der Waals surface area contributed by atoms with Gasteiger partial charge in [-0.2, -0.15) is 4.98 Å². The molecule has 0 bridgehead atoms. The van der Waals surface area contributed by atoms with Crippen molar-refractivity contribution >= 4 is 23.1 Å². The molecule has 3 rings (SSSR count). The molecule has 1 N–H and O–H groups in total. The molecular weight excluding hydrogens is 404 g/mol. The molecule has 0 unspecified atom stereocenters. The Balaban J connectivity index is 2.28. The Labute approximate surface area is 179 Å². The number of nitrogens with one attached hydrogen (secondary N) is 1. The Morgan fingerprint density at radius 3 is 2.58 bits per heavy atom. The van der Waals surface area contributed by atoms with Crippen LogP contribution in [0.4, 0.5) is 5.95 Å². The van der Waals surface area contributed by atoms with Crippen LogP contribution < -0.4 is 21.5 Å². The molecule has 0 radical (unpaired) electrons. The fourth-order valence-electron chi connectivity index (χ4n) is 3.53. The van der Waals surface area contributed by atoms with Crippen LogP contribution in [0.3, 0.4) is 0 Å². The smallest absolute Gasteiger partial charge is 0.333 e.